The predicted octanol–water partition coefficient (Wildman–Crippen LogP) is 1.68. The number of thiazole rings is 1. The van der Waals surface area contributed by atoms with Crippen molar-refractivity contribution in [3.8, 4) is 0 Å². The number of carboxylic acid groups (broad SMARTS) is 1. The Hall–Kier alpha value is -1.63. The summed E-state index contributed by atoms with van der Waals surface area (Å²) in [5, 5.41) is 16.2. The Kier molecular flexibility index (Phi) is 4.89. The number of hydrogen-bond donors (Lipinski definition) is 3. The van der Waals surface area contributed by atoms with E-state index in [0.29, 0.717) is 18.1 Å². The van der Waals surface area contributed by atoms with E-state index >= 15 is 0 Å². The van der Waals surface area contributed by atoms with Crippen molar-refractivity contribution in [2.45, 2.75) is 20.3 Å². The Morgan fingerprint density at radius 2 is 2.29 bits per heavy atom. The highest BCUT2D eigenvalue weighted by atomic mass is 32.1. The van der Waals surface area contributed by atoms with Gasteiger partial charge in [-0.25, -0.2) is 9.78 Å². The van der Waals surface area contributed by atoms with Crippen LogP contribution in [-0.2, 0) is 4.79 Å². The second-order valence-electron chi connectivity index (χ2n) is 3.70. The average molecular weight is 257 g/mol. The molecular formula is C10H15N3O3S. The number of carboxylic acids is 1. The van der Waals surface area contributed by atoms with Gasteiger partial charge in [0.2, 0.25) is 0 Å². The maximum Gasteiger partial charge on any atom is 0.321 e. The minimum atomic E-state index is -0.859. The van der Waals surface area contributed by atoms with Crippen LogP contribution in [0.15, 0.2) is 5.38 Å². The monoisotopic (exact) mass is 257 g/mol. The summed E-state index contributed by atoms with van der Waals surface area (Å²) in [4.78, 5) is 26.0. The topological polar surface area (TPSA) is 91.3 Å². The van der Waals surface area contributed by atoms with Crippen LogP contribution >= 0.6 is 11.3 Å². The van der Waals surface area contributed by atoms with E-state index in [4.69, 9.17) is 5.11 Å². The van der Waals surface area contributed by atoms with Crippen LogP contribution in [0.2, 0.25) is 0 Å². The molecule has 1 aromatic rings. The molecule has 1 aromatic heterocycles. The molecule has 0 saturated carbocycles. The zero-order valence-electron chi connectivity index (χ0n) is 9.69. The number of carbonyl (C=O) groups excluding carboxylic acids is 1. The lowest BCUT2D eigenvalue weighted by molar-refractivity contribution is -0.141. The van der Waals surface area contributed by atoms with Gasteiger partial charge in [0.25, 0.3) is 0 Å². The predicted molar refractivity (Wildman–Crippen MR) is 65.3 cm³/mol. The highest BCUT2D eigenvalue weighted by Gasteiger charge is 2.11. The first kappa shape index (κ1) is 13.4. The number of aryl methyl sites for hydroxylation is 1. The van der Waals surface area contributed by atoms with Crippen LogP contribution in [0, 0.1) is 12.8 Å². The standard InChI is InChI=1S/C10H15N3O3S/c1-6(8(14)15)3-4-11-9(16)13-10-12-7(2)5-17-10/h5-6H,3-4H2,1-2H3,(H,14,15)(H2,11,12,13,16). The molecule has 0 radical (unpaired) electrons. The van der Waals surface area contributed by atoms with E-state index in [1.165, 1.54) is 11.3 Å². The molecule has 3 N–H and O–H groups in total. The second-order valence-corrected chi connectivity index (χ2v) is 4.56. The first-order valence-electron chi connectivity index (χ1n) is 5.19. The van der Waals surface area contributed by atoms with Crippen LogP contribution < -0.4 is 10.6 Å². The van der Waals surface area contributed by atoms with Gasteiger partial charge in [-0.2, -0.15) is 0 Å². The SMILES string of the molecule is Cc1csc(NC(=O)NCCC(C)C(=O)O)n1. The lowest BCUT2D eigenvalue weighted by atomic mass is 10.1. The lowest BCUT2D eigenvalue weighted by Gasteiger charge is -2.07. The number of rotatable bonds is 5. The summed E-state index contributed by atoms with van der Waals surface area (Å²) in [6.07, 6.45) is 0.402. The third-order valence-electron chi connectivity index (χ3n) is 2.12. The summed E-state index contributed by atoms with van der Waals surface area (Å²) in [7, 11) is 0. The minimum Gasteiger partial charge on any atom is -0.481 e. The third-order valence-corrected chi connectivity index (χ3v) is 3.00. The number of nitrogens with zero attached hydrogens (tertiary/aromatic N) is 1. The lowest BCUT2D eigenvalue weighted by Crippen LogP contribution is -2.31. The van der Waals surface area contributed by atoms with Crippen molar-refractivity contribution in [2.24, 2.45) is 5.92 Å². The van der Waals surface area contributed by atoms with Gasteiger partial charge in [0, 0.05) is 11.9 Å². The summed E-state index contributed by atoms with van der Waals surface area (Å²) >= 11 is 1.35. The summed E-state index contributed by atoms with van der Waals surface area (Å²) in [5.41, 5.74) is 0.852. The summed E-state index contributed by atoms with van der Waals surface area (Å²) < 4.78 is 0. The van der Waals surface area contributed by atoms with E-state index < -0.39 is 11.9 Å². The molecule has 7 heteroatoms. The van der Waals surface area contributed by atoms with Crippen molar-refractivity contribution in [2.75, 3.05) is 11.9 Å². The number of aromatic nitrogens is 1. The molecule has 0 fully saturated rings. The van der Waals surface area contributed by atoms with Crippen molar-refractivity contribution in [3.63, 3.8) is 0 Å². The Bertz CT molecular complexity index is 405. The fourth-order valence-electron chi connectivity index (χ4n) is 1.08. The fraction of sp³-hybridized carbons (Fsp3) is 0.500. The molecule has 0 bridgehead atoms. The van der Waals surface area contributed by atoms with Gasteiger partial charge < -0.3 is 10.4 Å². The molecule has 17 heavy (non-hydrogen) atoms. The van der Waals surface area contributed by atoms with Crippen molar-refractivity contribution >= 4 is 28.5 Å². The van der Waals surface area contributed by atoms with E-state index in [2.05, 4.69) is 15.6 Å². The van der Waals surface area contributed by atoms with E-state index in [0.717, 1.165) is 5.69 Å². The quantitative estimate of drug-likeness (QED) is 0.748. The molecule has 0 aliphatic rings. The van der Waals surface area contributed by atoms with Gasteiger partial charge in [0.1, 0.15) is 0 Å². The molecule has 1 atom stereocenters. The van der Waals surface area contributed by atoms with Gasteiger partial charge in [0.15, 0.2) is 5.13 Å². The zero-order chi connectivity index (χ0) is 12.8. The molecule has 1 unspecified atom stereocenters. The van der Waals surface area contributed by atoms with Gasteiger partial charge in [0.05, 0.1) is 11.6 Å². The molecule has 0 aliphatic heterocycles. The molecule has 6 nitrogen and oxygen atoms in total. The molecule has 0 aromatic carbocycles. The van der Waals surface area contributed by atoms with E-state index in [1.807, 2.05) is 12.3 Å². The van der Waals surface area contributed by atoms with Gasteiger partial charge >= 0.3 is 12.0 Å². The fourth-order valence-corrected chi connectivity index (χ4v) is 1.76. The molecule has 0 aliphatic carbocycles. The van der Waals surface area contributed by atoms with Crippen molar-refractivity contribution in [1.29, 1.82) is 0 Å². The minimum absolute atomic E-state index is 0.323. The largest absolute Gasteiger partial charge is 0.481 e. The maximum absolute atomic E-state index is 11.4. The van der Waals surface area contributed by atoms with Crippen LogP contribution in [0.5, 0.6) is 0 Å². The number of aliphatic carboxylic acids is 1. The van der Waals surface area contributed by atoms with Crippen LogP contribution in [0.4, 0.5) is 9.93 Å². The summed E-state index contributed by atoms with van der Waals surface area (Å²) in [5.74, 6) is -1.32. The number of anilines is 1. The van der Waals surface area contributed by atoms with Crippen molar-refractivity contribution in [3.05, 3.63) is 11.1 Å². The molecule has 0 spiro atoms. The average Bonchev–Trinajstić information content (AvgIpc) is 2.63. The van der Waals surface area contributed by atoms with Gasteiger partial charge in [-0.1, -0.05) is 6.92 Å². The smallest absolute Gasteiger partial charge is 0.321 e. The number of nitrogens with one attached hydrogen (secondary N) is 2. The van der Waals surface area contributed by atoms with E-state index in [-0.39, 0.29) is 6.03 Å². The van der Waals surface area contributed by atoms with Gasteiger partial charge in [-0.15, -0.1) is 11.3 Å². The normalized spacial score (nSPS) is 11.9. The van der Waals surface area contributed by atoms with Gasteiger partial charge in [-0.3, -0.25) is 10.1 Å². The number of amides is 2. The zero-order valence-corrected chi connectivity index (χ0v) is 10.5. The molecular weight excluding hydrogens is 242 g/mol. The number of carbonyl (C=O) groups is 2. The molecule has 0 saturated heterocycles. The Morgan fingerprint density at radius 1 is 1.59 bits per heavy atom. The first-order chi connectivity index (χ1) is 7.99. The molecule has 1 heterocycles. The highest BCUT2D eigenvalue weighted by Crippen LogP contribution is 2.13. The Morgan fingerprint density at radius 3 is 2.82 bits per heavy atom. The molecule has 2 amide bonds. The van der Waals surface area contributed by atoms with Crippen molar-refractivity contribution < 1.29 is 14.7 Å². The molecule has 94 valence electrons. The number of hydrogen-bond acceptors (Lipinski definition) is 4. The van der Waals surface area contributed by atoms with Crippen LogP contribution in [0.3, 0.4) is 0 Å². The molecule has 1 rings (SSSR count). The Labute approximate surface area is 103 Å². The van der Waals surface area contributed by atoms with E-state index in [1.54, 1.807) is 6.92 Å². The van der Waals surface area contributed by atoms with Crippen LogP contribution in [0.1, 0.15) is 19.0 Å². The maximum atomic E-state index is 11.4. The van der Waals surface area contributed by atoms with E-state index in [9.17, 15) is 9.59 Å². The van der Waals surface area contributed by atoms with Crippen LogP contribution in [0.25, 0.3) is 0 Å². The summed E-state index contributed by atoms with van der Waals surface area (Å²) in [6, 6.07) is -0.364. The third kappa shape index (κ3) is 4.81. The highest BCUT2D eigenvalue weighted by molar-refractivity contribution is 7.13. The Balaban J connectivity index is 2.24. The van der Waals surface area contributed by atoms with Crippen molar-refractivity contribution in [1.82, 2.24) is 10.3 Å². The van der Waals surface area contributed by atoms with Crippen LogP contribution in [-0.4, -0.2) is 28.6 Å². The summed E-state index contributed by atoms with van der Waals surface area (Å²) in [6.45, 7) is 3.77. The first-order valence-corrected chi connectivity index (χ1v) is 6.07. The second kappa shape index (κ2) is 6.19. The van der Waals surface area contributed by atoms with Gasteiger partial charge in [-0.05, 0) is 13.3 Å². The number of urea groups is 1.